The van der Waals surface area contributed by atoms with Gasteiger partial charge in [0.25, 0.3) is 0 Å². The van der Waals surface area contributed by atoms with Gasteiger partial charge in [0, 0.05) is 25.4 Å². The molecule has 1 saturated carbocycles. The minimum absolute atomic E-state index is 0.0798. The summed E-state index contributed by atoms with van der Waals surface area (Å²) in [5, 5.41) is 0. The Labute approximate surface area is 128 Å². The van der Waals surface area contributed by atoms with Gasteiger partial charge < -0.3 is 10.6 Å². The van der Waals surface area contributed by atoms with Crippen molar-refractivity contribution in [3.8, 4) is 0 Å². The van der Waals surface area contributed by atoms with Crippen LogP contribution in [0, 0.1) is 17.8 Å². The summed E-state index contributed by atoms with van der Waals surface area (Å²) in [5.74, 6) is -2.15. The zero-order valence-corrected chi connectivity index (χ0v) is 12.6. The molecule has 2 fully saturated rings. The lowest BCUT2D eigenvalue weighted by Gasteiger charge is -2.36. The van der Waals surface area contributed by atoms with E-state index in [-0.39, 0.29) is 30.6 Å². The van der Waals surface area contributed by atoms with Crippen molar-refractivity contribution in [2.75, 3.05) is 13.1 Å². The molecule has 0 aromatic heterocycles. The predicted molar refractivity (Wildman–Crippen MR) is 74.6 cm³/mol. The van der Waals surface area contributed by atoms with E-state index in [1.807, 2.05) is 0 Å². The molecule has 22 heavy (non-hydrogen) atoms. The average molecular weight is 320 g/mol. The first-order chi connectivity index (χ1) is 10.3. The lowest BCUT2D eigenvalue weighted by molar-refractivity contribution is -0.187. The van der Waals surface area contributed by atoms with Crippen molar-refractivity contribution in [2.45, 2.75) is 51.1 Å². The number of primary amides is 1. The van der Waals surface area contributed by atoms with Crippen LogP contribution >= 0.6 is 0 Å². The van der Waals surface area contributed by atoms with E-state index in [1.54, 1.807) is 4.90 Å². The monoisotopic (exact) mass is 320 g/mol. The summed E-state index contributed by atoms with van der Waals surface area (Å²) in [6.45, 7) is 1.04. The fourth-order valence-electron chi connectivity index (χ4n) is 3.61. The van der Waals surface area contributed by atoms with Crippen LogP contribution < -0.4 is 5.73 Å². The summed E-state index contributed by atoms with van der Waals surface area (Å²) in [5.41, 5.74) is 5.16. The predicted octanol–water partition coefficient (Wildman–Crippen LogP) is 2.47. The molecular formula is C15H23F3N2O2. The molecule has 0 spiro atoms. The van der Waals surface area contributed by atoms with Crippen molar-refractivity contribution in [1.29, 1.82) is 0 Å². The Balaban J connectivity index is 1.86. The lowest BCUT2D eigenvalue weighted by Crippen LogP contribution is -2.44. The Morgan fingerprint density at radius 1 is 1.09 bits per heavy atom. The number of alkyl halides is 3. The van der Waals surface area contributed by atoms with Crippen molar-refractivity contribution >= 4 is 11.8 Å². The Bertz CT molecular complexity index is 418. The number of hydrogen-bond donors (Lipinski definition) is 1. The fourth-order valence-corrected chi connectivity index (χ4v) is 3.61. The number of nitrogens with two attached hydrogens (primary N) is 1. The van der Waals surface area contributed by atoms with Gasteiger partial charge in [-0.3, -0.25) is 9.59 Å². The standard InChI is InChI=1S/C15H23F3N2O2/c16-15(17,18)12-3-1-2-11(9-12)14(22)20-6-4-10(5-7-20)8-13(19)21/h10-12H,1-9H2,(H2,19,21). The van der Waals surface area contributed by atoms with Gasteiger partial charge in [0.1, 0.15) is 0 Å². The zero-order valence-electron chi connectivity index (χ0n) is 12.6. The minimum Gasteiger partial charge on any atom is -0.370 e. The maximum absolute atomic E-state index is 12.8. The van der Waals surface area contributed by atoms with Crippen LogP contribution in [-0.4, -0.2) is 36.0 Å². The van der Waals surface area contributed by atoms with Crippen LogP contribution in [0.2, 0.25) is 0 Å². The van der Waals surface area contributed by atoms with Crippen molar-refractivity contribution in [2.24, 2.45) is 23.5 Å². The van der Waals surface area contributed by atoms with E-state index in [4.69, 9.17) is 5.73 Å². The number of carbonyl (C=O) groups is 2. The van der Waals surface area contributed by atoms with E-state index in [0.29, 0.717) is 45.2 Å². The molecule has 0 bridgehead atoms. The molecule has 0 radical (unpaired) electrons. The van der Waals surface area contributed by atoms with Crippen molar-refractivity contribution in [3.63, 3.8) is 0 Å². The Morgan fingerprint density at radius 3 is 2.27 bits per heavy atom. The quantitative estimate of drug-likeness (QED) is 0.868. The fraction of sp³-hybridized carbons (Fsp3) is 0.867. The molecule has 1 saturated heterocycles. The van der Waals surface area contributed by atoms with E-state index >= 15 is 0 Å². The molecule has 2 amide bonds. The molecule has 2 unspecified atom stereocenters. The first kappa shape index (κ1) is 17.1. The number of rotatable bonds is 3. The van der Waals surface area contributed by atoms with Gasteiger partial charge in [0.15, 0.2) is 0 Å². The van der Waals surface area contributed by atoms with Gasteiger partial charge in [-0.05, 0) is 38.0 Å². The number of carbonyl (C=O) groups excluding carboxylic acids is 2. The van der Waals surface area contributed by atoms with Gasteiger partial charge in [-0.15, -0.1) is 0 Å². The summed E-state index contributed by atoms with van der Waals surface area (Å²) in [4.78, 5) is 25.0. The molecule has 1 aliphatic carbocycles. The van der Waals surface area contributed by atoms with Crippen molar-refractivity contribution in [1.82, 2.24) is 4.90 Å². The second-order valence-corrected chi connectivity index (χ2v) is 6.54. The van der Waals surface area contributed by atoms with Crippen molar-refractivity contribution in [3.05, 3.63) is 0 Å². The largest absolute Gasteiger partial charge is 0.391 e. The average Bonchev–Trinajstić information content (AvgIpc) is 2.46. The van der Waals surface area contributed by atoms with Gasteiger partial charge in [0.2, 0.25) is 11.8 Å². The molecule has 2 aliphatic rings. The number of likely N-dealkylation sites (tertiary alicyclic amines) is 1. The van der Waals surface area contributed by atoms with E-state index < -0.39 is 18.0 Å². The summed E-state index contributed by atoms with van der Waals surface area (Å²) in [6, 6.07) is 0. The third-order valence-electron chi connectivity index (χ3n) is 4.90. The number of piperidine rings is 1. The molecular weight excluding hydrogens is 297 g/mol. The number of hydrogen-bond acceptors (Lipinski definition) is 2. The SMILES string of the molecule is NC(=O)CC1CCN(C(=O)C2CCCC(C(F)(F)F)C2)CC1. The highest BCUT2D eigenvalue weighted by Gasteiger charge is 2.44. The van der Waals surface area contributed by atoms with Gasteiger partial charge >= 0.3 is 6.18 Å². The molecule has 1 aliphatic heterocycles. The second kappa shape index (κ2) is 6.87. The van der Waals surface area contributed by atoms with Crippen LogP contribution in [0.15, 0.2) is 0 Å². The highest BCUT2D eigenvalue weighted by molar-refractivity contribution is 5.79. The number of halogens is 3. The third kappa shape index (κ3) is 4.36. The molecule has 7 heteroatoms. The van der Waals surface area contributed by atoms with Crippen LogP contribution in [0.25, 0.3) is 0 Å². The van der Waals surface area contributed by atoms with Crippen LogP contribution in [0.4, 0.5) is 13.2 Å². The highest BCUT2D eigenvalue weighted by atomic mass is 19.4. The lowest BCUT2D eigenvalue weighted by atomic mass is 9.80. The molecule has 4 nitrogen and oxygen atoms in total. The summed E-state index contributed by atoms with van der Waals surface area (Å²) in [6.07, 6.45) is -1.42. The van der Waals surface area contributed by atoms with Crippen LogP contribution in [0.5, 0.6) is 0 Å². The Morgan fingerprint density at radius 2 is 1.73 bits per heavy atom. The minimum atomic E-state index is -4.20. The Hall–Kier alpha value is -1.27. The summed E-state index contributed by atoms with van der Waals surface area (Å²) >= 11 is 0. The van der Waals surface area contributed by atoms with E-state index in [9.17, 15) is 22.8 Å². The summed E-state index contributed by atoms with van der Waals surface area (Å²) < 4.78 is 38.5. The van der Waals surface area contributed by atoms with Gasteiger partial charge in [-0.2, -0.15) is 13.2 Å². The number of amides is 2. The van der Waals surface area contributed by atoms with Gasteiger partial charge in [-0.1, -0.05) is 6.42 Å². The van der Waals surface area contributed by atoms with Gasteiger partial charge in [0.05, 0.1) is 5.92 Å². The van der Waals surface area contributed by atoms with Gasteiger partial charge in [-0.25, -0.2) is 0 Å². The maximum Gasteiger partial charge on any atom is 0.391 e. The molecule has 2 atom stereocenters. The van der Waals surface area contributed by atoms with Crippen LogP contribution in [0.1, 0.15) is 44.9 Å². The number of nitrogens with zero attached hydrogens (tertiary/aromatic N) is 1. The van der Waals surface area contributed by atoms with E-state index in [2.05, 4.69) is 0 Å². The van der Waals surface area contributed by atoms with Crippen LogP contribution in [0.3, 0.4) is 0 Å². The Kier molecular flexibility index (Phi) is 5.34. The van der Waals surface area contributed by atoms with Crippen molar-refractivity contribution < 1.29 is 22.8 Å². The first-order valence-corrected chi connectivity index (χ1v) is 7.91. The first-order valence-electron chi connectivity index (χ1n) is 7.91. The molecule has 2 N–H and O–H groups in total. The topological polar surface area (TPSA) is 63.4 Å². The zero-order chi connectivity index (χ0) is 16.3. The second-order valence-electron chi connectivity index (χ2n) is 6.54. The van der Waals surface area contributed by atoms with E-state index in [0.717, 1.165) is 0 Å². The summed E-state index contributed by atoms with van der Waals surface area (Å²) in [7, 11) is 0. The smallest absolute Gasteiger partial charge is 0.370 e. The van der Waals surface area contributed by atoms with Crippen LogP contribution in [-0.2, 0) is 9.59 Å². The maximum atomic E-state index is 12.8. The molecule has 1 heterocycles. The highest BCUT2D eigenvalue weighted by Crippen LogP contribution is 2.40. The molecule has 0 aromatic carbocycles. The third-order valence-corrected chi connectivity index (χ3v) is 4.90. The molecule has 2 rings (SSSR count). The molecule has 126 valence electrons. The van der Waals surface area contributed by atoms with E-state index in [1.165, 1.54) is 0 Å². The molecule has 0 aromatic rings. The normalized spacial score (nSPS) is 27.7.